The van der Waals surface area contributed by atoms with E-state index in [0.29, 0.717) is 5.75 Å². The van der Waals surface area contributed by atoms with E-state index < -0.39 is 0 Å². The molecule has 118 valence electrons. The van der Waals surface area contributed by atoms with Crippen LogP contribution in [0.25, 0.3) is 27.7 Å². The molecule has 5 nitrogen and oxygen atoms in total. The number of nitrogens with zero attached hydrogens (tertiary/aromatic N) is 3. The Kier molecular flexibility index (Phi) is 3.39. The third kappa shape index (κ3) is 2.36. The van der Waals surface area contributed by atoms with Gasteiger partial charge in [-0.2, -0.15) is 0 Å². The number of fused-ring (bicyclic) bond motifs is 1. The Labute approximate surface area is 138 Å². The van der Waals surface area contributed by atoms with Crippen LogP contribution < -0.4 is 4.74 Å². The van der Waals surface area contributed by atoms with E-state index in [9.17, 15) is 5.11 Å². The number of hydrogen-bond donors (Lipinski definition) is 1. The van der Waals surface area contributed by atoms with Gasteiger partial charge in [0.15, 0.2) is 11.5 Å². The first-order valence-corrected chi connectivity index (χ1v) is 7.53. The van der Waals surface area contributed by atoms with Crippen molar-refractivity contribution < 1.29 is 9.84 Å². The van der Waals surface area contributed by atoms with Crippen LogP contribution >= 0.6 is 0 Å². The molecule has 0 spiro atoms. The zero-order chi connectivity index (χ0) is 16.5. The van der Waals surface area contributed by atoms with Gasteiger partial charge in [0.25, 0.3) is 0 Å². The molecule has 0 aliphatic heterocycles. The van der Waals surface area contributed by atoms with Crippen molar-refractivity contribution >= 4 is 10.8 Å². The molecule has 4 rings (SSSR count). The van der Waals surface area contributed by atoms with Crippen LogP contribution in [0.5, 0.6) is 11.5 Å². The minimum Gasteiger partial charge on any atom is -0.504 e. The molecule has 0 fully saturated rings. The summed E-state index contributed by atoms with van der Waals surface area (Å²) in [4.78, 5) is 0. The molecule has 0 saturated carbocycles. The van der Waals surface area contributed by atoms with E-state index >= 15 is 0 Å². The van der Waals surface area contributed by atoms with E-state index in [2.05, 4.69) is 34.6 Å². The fraction of sp³-hybridized carbons (Fsp3) is 0.0526. The average Bonchev–Trinajstić information content (AvgIpc) is 3.11. The monoisotopic (exact) mass is 317 g/mol. The Morgan fingerprint density at radius 3 is 2.58 bits per heavy atom. The topological polar surface area (TPSA) is 60.2 Å². The standard InChI is InChI=1S/C19H15N3O2/c1-24-19-9-7-15(11-18(19)23)17-12-20-21-22(17)16-8-6-13-4-2-3-5-14(13)10-16/h2-12,23H,1H3. The van der Waals surface area contributed by atoms with Gasteiger partial charge in [-0.05, 0) is 41.1 Å². The lowest BCUT2D eigenvalue weighted by molar-refractivity contribution is 0.373. The summed E-state index contributed by atoms with van der Waals surface area (Å²) < 4.78 is 6.85. The second kappa shape index (κ2) is 5.70. The van der Waals surface area contributed by atoms with Crippen LogP contribution in [0.4, 0.5) is 0 Å². The maximum absolute atomic E-state index is 10.0. The van der Waals surface area contributed by atoms with Gasteiger partial charge in [0.1, 0.15) is 0 Å². The van der Waals surface area contributed by atoms with E-state index in [-0.39, 0.29) is 5.75 Å². The first-order chi connectivity index (χ1) is 11.8. The number of hydrogen-bond acceptors (Lipinski definition) is 4. The number of aromatic hydroxyl groups is 1. The summed E-state index contributed by atoms with van der Waals surface area (Å²) in [6.07, 6.45) is 1.68. The maximum atomic E-state index is 10.0. The SMILES string of the molecule is COc1ccc(-c2cnnn2-c2ccc3ccccc3c2)cc1O. The van der Waals surface area contributed by atoms with Crippen LogP contribution in [0.1, 0.15) is 0 Å². The van der Waals surface area contributed by atoms with Crippen molar-refractivity contribution in [3.63, 3.8) is 0 Å². The van der Waals surface area contributed by atoms with Gasteiger partial charge in [0.2, 0.25) is 0 Å². The van der Waals surface area contributed by atoms with Crippen LogP contribution in [-0.2, 0) is 0 Å². The molecular formula is C19H15N3O2. The zero-order valence-corrected chi connectivity index (χ0v) is 13.0. The van der Waals surface area contributed by atoms with Gasteiger partial charge >= 0.3 is 0 Å². The highest BCUT2D eigenvalue weighted by atomic mass is 16.5. The van der Waals surface area contributed by atoms with E-state index in [4.69, 9.17) is 4.74 Å². The highest BCUT2D eigenvalue weighted by molar-refractivity contribution is 5.84. The summed E-state index contributed by atoms with van der Waals surface area (Å²) in [6.45, 7) is 0. The Morgan fingerprint density at radius 1 is 0.958 bits per heavy atom. The fourth-order valence-corrected chi connectivity index (χ4v) is 2.78. The quantitative estimate of drug-likeness (QED) is 0.624. The first kappa shape index (κ1) is 14.3. The third-order valence-corrected chi connectivity index (χ3v) is 4.00. The number of phenols is 1. The summed E-state index contributed by atoms with van der Waals surface area (Å²) >= 11 is 0. The van der Waals surface area contributed by atoms with Crippen LogP contribution in [0.15, 0.2) is 66.9 Å². The summed E-state index contributed by atoms with van der Waals surface area (Å²) in [6, 6.07) is 19.5. The molecule has 3 aromatic carbocycles. The number of methoxy groups -OCH3 is 1. The van der Waals surface area contributed by atoms with Crippen LogP contribution in [0, 0.1) is 0 Å². The molecule has 0 aliphatic carbocycles. The first-order valence-electron chi connectivity index (χ1n) is 7.53. The number of ether oxygens (including phenoxy) is 1. The largest absolute Gasteiger partial charge is 0.504 e. The molecule has 0 atom stereocenters. The molecule has 0 bridgehead atoms. The number of benzene rings is 3. The van der Waals surface area contributed by atoms with Gasteiger partial charge in [-0.3, -0.25) is 0 Å². The molecular weight excluding hydrogens is 302 g/mol. The van der Waals surface area contributed by atoms with Crippen molar-refractivity contribution in [3.8, 4) is 28.4 Å². The van der Waals surface area contributed by atoms with Gasteiger partial charge in [-0.15, -0.1) is 5.10 Å². The van der Waals surface area contributed by atoms with Gasteiger partial charge < -0.3 is 9.84 Å². The predicted octanol–water partition coefficient (Wildman–Crippen LogP) is 3.80. The van der Waals surface area contributed by atoms with Crippen molar-refractivity contribution in [2.45, 2.75) is 0 Å². The van der Waals surface area contributed by atoms with Gasteiger partial charge in [0, 0.05) is 5.56 Å². The Bertz CT molecular complexity index is 1020. The van der Waals surface area contributed by atoms with Crippen LogP contribution in [-0.4, -0.2) is 27.2 Å². The molecule has 0 unspecified atom stereocenters. The van der Waals surface area contributed by atoms with Gasteiger partial charge in [0.05, 0.1) is 24.7 Å². The third-order valence-electron chi connectivity index (χ3n) is 4.00. The van der Waals surface area contributed by atoms with Gasteiger partial charge in [-0.1, -0.05) is 35.5 Å². The van der Waals surface area contributed by atoms with Crippen molar-refractivity contribution in [2.75, 3.05) is 7.11 Å². The molecule has 0 saturated heterocycles. The molecule has 1 N–H and O–H groups in total. The number of aromatic nitrogens is 3. The smallest absolute Gasteiger partial charge is 0.160 e. The highest BCUT2D eigenvalue weighted by Gasteiger charge is 2.11. The molecule has 0 amide bonds. The summed E-state index contributed by atoms with van der Waals surface area (Å²) in [5.74, 6) is 0.518. The lowest BCUT2D eigenvalue weighted by Gasteiger charge is -2.09. The molecule has 0 aliphatic rings. The van der Waals surface area contributed by atoms with E-state index in [1.165, 1.54) is 12.5 Å². The van der Waals surface area contributed by atoms with Gasteiger partial charge in [-0.25, -0.2) is 4.68 Å². The lowest BCUT2D eigenvalue weighted by Crippen LogP contribution is -1.99. The summed E-state index contributed by atoms with van der Waals surface area (Å²) in [5.41, 5.74) is 2.52. The Morgan fingerprint density at radius 2 is 1.79 bits per heavy atom. The lowest BCUT2D eigenvalue weighted by atomic mass is 10.1. The maximum Gasteiger partial charge on any atom is 0.160 e. The summed E-state index contributed by atoms with van der Waals surface area (Å²) in [7, 11) is 1.52. The van der Waals surface area contributed by atoms with Crippen molar-refractivity contribution in [2.24, 2.45) is 0 Å². The normalized spacial score (nSPS) is 10.9. The molecule has 4 aromatic rings. The number of phenolic OH excluding ortho intramolecular Hbond substituents is 1. The second-order valence-corrected chi connectivity index (χ2v) is 5.45. The molecule has 0 radical (unpaired) electrons. The Balaban J connectivity index is 1.83. The molecule has 24 heavy (non-hydrogen) atoms. The van der Waals surface area contributed by atoms with Crippen molar-refractivity contribution in [1.29, 1.82) is 0 Å². The fourth-order valence-electron chi connectivity index (χ4n) is 2.78. The minimum absolute atomic E-state index is 0.0845. The Hall–Kier alpha value is -3.34. The predicted molar refractivity (Wildman–Crippen MR) is 92.5 cm³/mol. The van der Waals surface area contributed by atoms with E-state index in [1.54, 1.807) is 23.0 Å². The highest BCUT2D eigenvalue weighted by Crippen LogP contribution is 2.32. The van der Waals surface area contributed by atoms with Crippen molar-refractivity contribution in [1.82, 2.24) is 15.0 Å². The van der Waals surface area contributed by atoms with E-state index in [1.807, 2.05) is 24.3 Å². The van der Waals surface area contributed by atoms with Crippen LogP contribution in [0.3, 0.4) is 0 Å². The van der Waals surface area contributed by atoms with E-state index in [0.717, 1.165) is 22.3 Å². The molecule has 1 heterocycles. The zero-order valence-electron chi connectivity index (χ0n) is 13.0. The van der Waals surface area contributed by atoms with Crippen molar-refractivity contribution in [3.05, 3.63) is 66.9 Å². The second-order valence-electron chi connectivity index (χ2n) is 5.45. The number of rotatable bonds is 3. The average molecular weight is 317 g/mol. The minimum atomic E-state index is 0.0845. The molecule has 5 heteroatoms. The summed E-state index contributed by atoms with van der Waals surface area (Å²) in [5, 5.41) is 20.5. The van der Waals surface area contributed by atoms with Crippen LogP contribution in [0.2, 0.25) is 0 Å². The molecule has 1 aromatic heterocycles.